The van der Waals surface area contributed by atoms with E-state index in [1.165, 1.54) is 11.1 Å². The predicted molar refractivity (Wildman–Crippen MR) is 69.0 cm³/mol. The largest absolute Gasteiger partial charge is 0.323 e. The van der Waals surface area contributed by atoms with Crippen molar-refractivity contribution in [2.45, 2.75) is 25.9 Å². The van der Waals surface area contributed by atoms with E-state index in [9.17, 15) is 4.79 Å². The van der Waals surface area contributed by atoms with Crippen LogP contribution in [-0.2, 0) is 6.54 Å². The maximum absolute atomic E-state index is 11.5. The number of nitrogens with zero attached hydrogens (tertiary/aromatic N) is 1. The fourth-order valence-corrected chi connectivity index (χ4v) is 2.23. The van der Waals surface area contributed by atoms with Crippen LogP contribution in [-0.4, -0.2) is 25.0 Å². The highest BCUT2D eigenvalue weighted by Crippen LogP contribution is 2.26. The van der Waals surface area contributed by atoms with Crippen molar-refractivity contribution >= 4 is 11.7 Å². The molecule has 0 bridgehead atoms. The van der Waals surface area contributed by atoms with E-state index in [2.05, 4.69) is 29.7 Å². The van der Waals surface area contributed by atoms with Gasteiger partial charge in [0.25, 0.3) is 0 Å². The lowest BCUT2D eigenvalue weighted by atomic mass is 10.00. The molecule has 1 aromatic rings. The number of hydrogen-bond acceptors (Lipinski definition) is 2. The molecular weight excluding hydrogens is 214 g/mol. The Morgan fingerprint density at radius 2 is 2.29 bits per heavy atom. The van der Waals surface area contributed by atoms with Gasteiger partial charge in [-0.3, -0.25) is 0 Å². The fraction of sp³-hybridized carbons (Fsp3) is 0.462. The van der Waals surface area contributed by atoms with Gasteiger partial charge in [0.2, 0.25) is 0 Å². The highest BCUT2D eigenvalue weighted by molar-refractivity contribution is 5.92. The van der Waals surface area contributed by atoms with E-state index in [-0.39, 0.29) is 6.03 Å². The Kier molecular flexibility index (Phi) is 3.33. The smallest absolute Gasteiger partial charge is 0.321 e. The van der Waals surface area contributed by atoms with E-state index in [0.29, 0.717) is 12.6 Å². The highest BCUT2D eigenvalue weighted by Gasteiger charge is 2.20. The van der Waals surface area contributed by atoms with Crippen molar-refractivity contribution in [3.63, 3.8) is 0 Å². The minimum absolute atomic E-state index is 0.0362. The van der Waals surface area contributed by atoms with E-state index in [1.54, 1.807) is 11.9 Å². The SMILES string of the molecule is CCC(NC)c1ccc2c(c1)CN(C)C(=O)N2. The Labute approximate surface area is 102 Å². The van der Waals surface area contributed by atoms with Gasteiger partial charge >= 0.3 is 6.03 Å². The molecule has 4 nitrogen and oxygen atoms in total. The number of anilines is 1. The summed E-state index contributed by atoms with van der Waals surface area (Å²) in [6, 6.07) is 6.59. The van der Waals surface area contributed by atoms with Crippen molar-refractivity contribution in [3.8, 4) is 0 Å². The first-order valence-corrected chi connectivity index (χ1v) is 5.98. The van der Waals surface area contributed by atoms with Gasteiger partial charge in [-0.05, 0) is 30.7 Å². The molecule has 2 amide bonds. The predicted octanol–water partition coefficient (Wildman–Crippen LogP) is 2.33. The van der Waals surface area contributed by atoms with Gasteiger partial charge in [0.15, 0.2) is 0 Å². The van der Waals surface area contributed by atoms with Gasteiger partial charge in [-0.15, -0.1) is 0 Å². The molecule has 1 aliphatic rings. The lowest BCUT2D eigenvalue weighted by Crippen LogP contribution is -2.35. The van der Waals surface area contributed by atoms with Gasteiger partial charge in [-0.25, -0.2) is 4.79 Å². The number of benzene rings is 1. The van der Waals surface area contributed by atoms with Gasteiger partial charge in [-0.1, -0.05) is 19.1 Å². The summed E-state index contributed by atoms with van der Waals surface area (Å²) >= 11 is 0. The number of nitrogens with one attached hydrogen (secondary N) is 2. The van der Waals surface area contributed by atoms with Crippen LogP contribution in [0.25, 0.3) is 0 Å². The molecule has 17 heavy (non-hydrogen) atoms. The van der Waals surface area contributed by atoms with Gasteiger partial charge in [-0.2, -0.15) is 0 Å². The normalized spacial score (nSPS) is 16.4. The third kappa shape index (κ3) is 2.26. The van der Waals surface area contributed by atoms with Crippen LogP contribution in [0.1, 0.15) is 30.5 Å². The second-order valence-electron chi connectivity index (χ2n) is 4.45. The van der Waals surface area contributed by atoms with Crippen LogP contribution in [0.3, 0.4) is 0 Å². The maximum Gasteiger partial charge on any atom is 0.321 e. The lowest BCUT2D eigenvalue weighted by Gasteiger charge is -2.27. The lowest BCUT2D eigenvalue weighted by molar-refractivity contribution is 0.218. The zero-order chi connectivity index (χ0) is 12.4. The van der Waals surface area contributed by atoms with E-state index in [1.807, 2.05) is 13.1 Å². The minimum Gasteiger partial charge on any atom is -0.323 e. The van der Waals surface area contributed by atoms with E-state index < -0.39 is 0 Å². The van der Waals surface area contributed by atoms with Crippen LogP contribution in [0.15, 0.2) is 18.2 Å². The molecule has 0 spiro atoms. The molecule has 1 aromatic carbocycles. The molecule has 0 fully saturated rings. The Balaban J connectivity index is 2.31. The Morgan fingerprint density at radius 3 is 2.94 bits per heavy atom. The van der Waals surface area contributed by atoms with Gasteiger partial charge in [0.1, 0.15) is 0 Å². The van der Waals surface area contributed by atoms with Crippen LogP contribution in [0, 0.1) is 0 Å². The van der Waals surface area contributed by atoms with Gasteiger partial charge in [0, 0.05) is 25.3 Å². The number of carbonyl (C=O) groups is 1. The van der Waals surface area contributed by atoms with E-state index in [0.717, 1.165) is 12.1 Å². The number of urea groups is 1. The third-order valence-electron chi connectivity index (χ3n) is 3.28. The summed E-state index contributed by atoms with van der Waals surface area (Å²) in [5, 5.41) is 6.17. The van der Waals surface area contributed by atoms with Crippen molar-refractivity contribution in [2.24, 2.45) is 0 Å². The molecule has 0 saturated heterocycles. The monoisotopic (exact) mass is 233 g/mol. The summed E-state index contributed by atoms with van der Waals surface area (Å²) in [5.41, 5.74) is 3.39. The van der Waals surface area contributed by atoms with E-state index in [4.69, 9.17) is 0 Å². The van der Waals surface area contributed by atoms with Crippen molar-refractivity contribution in [2.75, 3.05) is 19.4 Å². The second kappa shape index (κ2) is 4.75. The summed E-state index contributed by atoms with van der Waals surface area (Å²) in [6.45, 7) is 2.84. The van der Waals surface area contributed by atoms with Crippen molar-refractivity contribution in [1.29, 1.82) is 0 Å². The van der Waals surface area contributed by atoms with E-state index >= 15 is 0 Å². The highest BCUT2D eigenvalue weighted by atomic mass is 16.2. The van der Waals surface area contributed by atoms with Crippen molar-refractivity contribution in [1.82, 2.24) is 10.2 Å². The molecule has 1 heterocycles. The quantitative estimate of drug-likeness (QED) is 0.841. The summed E-state index contributed by atoms with van der Waals surface area (Å²) in [5.74, 6) is 0. The molecular formula is C13H19N3O. The average molecular weight is 233 g/mol. The number of amides is 2. The van der Waals surface area contributed by atoms with Crippen molar-refractivity contribution in [3.05, 3.63) is 29.3 Å². The molecule has 0 aliphatic carbocycles. The third-order valence-corrected chi connectivity index (χ3v) is 3.28. The maximum atomic E-state index is 11.5. The second-order valence-corrected chi connectivity index (χ2v) is 4.45. The Morgan fingerprint density at radius 1 is 1.53 bits per heavy atom. The van der Waals surface area contributed by atoms with Crippen LogP contribution in [0.2, 0.25) is 0 Å². The Hall–Kier alpha value is -1.55. The number of rotatable bonds is 3. The zero-order valence-electron chi connectivity index (χ0n) is 10.6. The molecule has 1 unspecified atom stereocenters. The number of carbonyl (C=O) groups excluding carboxylic acids is 1. The summed E-state index contributed by atoms with van der Waals surface area (Å²) in [7, 11) is 3.78. The molecule has 1 atom stereocenters. The molecule has 2 N–H and O–H groups in total. The molecule has 1 aliphatic heterocycles. The van der Waals surface area contributed by atoms with Crippen LogP contribution >= 0.6 is 0 Å². The average Bonchev–Trinajstić information content (AvgIpc) is 2.32. The number of fused-ring (bicyclic) bond motifs is 1. The summed E-state index contributed by atoms with van der Waals surface area (Å²) < 4.78 is 0. The van der Waals surface area contributed by atoms with Crippen LogP contribution < -0.4 is 10.6 Å². The molecule has 2 rings (SSSR count). The first kappa shape index (κ1) is 11.9. The molecule has 0 radical (unpaired) electrons. The van der Waals surface area contributed by atoms with Gasteiger partial charge < -0.3 is 15.5 Å². The molecule has 0 saturated carbocycles. The summed E-state index contributed by atoms with van der Waals surface area (Å²) in [6.07, 6.45) is 1.05. The van der Waals surface area contributed by atoms with Crippen molar-refractivity contribution < 1.29 is 4.79 Å². The van der Waals surface area contributed by atoms with Gasteiger partial charge in [0.05, 0.1) is 0 Å². The molecule has 4 heteroatoms. The standard InChI is InChI=1S/C13H19N3O/c1-4-11(14-2)9-5-6-12-10(7-9)8-16(3)13(17)15-12/h5-7,11,14H,4,8H2,1-3H3,(H,15,17). The fourth-order valence-electron chi connectivity index (χ4n) is 2.23. The minimum atomic E-state index is -0.0362. The first-order valence-electron chi connectivity index (χ1n) is 5.98. The first-order chi connectivity index (χ1) is 8.15. The molecule has 92 valence electrons. The number of hydrogen-bond donors (Lipinski definition) is 2. The topological polar surface area (TPSA) is 44.4 Å². The van der Waals surface area contributed by atoms with Crippen LogP contribution in [0.4, 0.5) is 10.5 Å². The zero-order valence-corrected chi connectivity index (χ0v) is 10.6. The Bertz CT molecular complexity index is 427. The summed E-state index contributed by atoms with van der Waals surface area (Å²) in [4.78, 5) is 13.2. The molecule has 0 aromatic heterocycles. The van der Waals surface area contributed by atoms with Crippen LogP contribution in [0.5, 0.6) is 0 Å².